The Bertz CT molecular complexity index is 731. The predicted octanol–water partition coefficient (Wildman–Crippen LogP) is 2.88. The number of nitrogens with zero attached hydrogens (tertiary/aromatic N) is 4. The molecule has 0 spiro atoms. The molecule has 0 radical (unpaired) electrons. The van der Waals surface area contributed by atoms with E-state index < -0.39 is 0 Å². The molecule has 0 amide bonds. The number of H-pyrrole nitrogens is 1. The van der Waals surface area contributed by atoms with Gasteiger partial charge in [0.15, 0.2) is 0 Å². The number of phenols is 1. The van der Waals surface area contributed by atoms with Crippen LogP contribution < -0.4 is 5.56 Å². The van der Waals surface area contributed by atoms with E-state index in [1.807, 2.05) is 0 Å². The second-order valence-electron chi connectivity index (χ2n) is 3.86. The fraction of sp³-hybridized carbons (Fsp3) is 0.182. The summed E-state index contributed by atoms with van der Waals surface area (Å²) in [6.45, 7) is 1.62. The summed E-state index contributed by atoms with van der Waals surface area (Å²) < 4.78 is 0.717. The van der Waals surface area contributed by atoms with Crippen molar-refractivity contribution < 1.29 is 5.11 Å². The van der Waals surface area contributed by atoms with E-state index in [-0.39, 0.29) is 34.5 Å². The highest BCUT2D eigenvalue weighted by atomic mass is 79.9. The Kier molecular flexibility index (Phi) is 4.46. The summed E-state index contributed by atoms with van der Waals surface area (Å²) in [4.78, 5) is 13.7. The molecule has 0 atom stereocenters. The fourth-order valence-electron chi connectivity index (χ4n) is 1.35. The van der Waals surface area contributed by atoms with Crippen LogP contribution in [0.4, 0.5) is 5.95 Å². The molecule has 0 bridgehead atoms. The lowest BCUT2D eigenvalue weighted by atomic mass is 10.2. The van der Waals surface area contributed by atoms with Crippen LogP contribution in [-0.4, -0.2) is 20.3 Å². The Balaban J connectivity index is 2.18. The molecule has 0 unspecified atom stereocenters. The second kappa shape index (κ2) is 6.10. The van der Waals surface area contributed by atoms with Crippen LogP contribution in [0.2, 0.25) is 5.02 Å². The van der Waals surface area contributed by atoms with Crippen LogP contribution >= 0.6 is 27.5 Å². The van der Waals surface area contributed by atoms with Gasteiger partial charge < -0.3 is 5.11 Å². The van der Waals surface area contributed by atoms with Gasteiger partial charge in [-0.3, -0.25) is 9.78 Å². The monoisotopic (exact) mass is 357 g/mol. The largest absolute Gasteiger partial charge is 0.506 e. The minimum absolute atomic E-state index is 0.00110. The summed E-state index contributed by atoms with van der Waals surface area (Å²) in [5.74, 6) is -0.0570. The van der Waals surface area contributed by atoms with Gasteiger partial charge in [-0.2, -0.15) is 5.11 Å². The van der Waals surface area contributed by atoms with Crippen LogP contribution in [0, 0.1) is 6.92 Å². The smallest absolute Gasteiger partial charge is 0.274 e. The number of aryl methyl sites for hydroxylation is 1. The molecule has 2 N–H and O–H groups in total. The first-order chi connectivity index (χ1) is 9.47. The number of aromatic amines is 1. The lowest BCUT2D eigenvalue weighted by Crippen LogP contribution is -2.12. The lowest BCUT2D eigenvalue weighted by Gasteiger charge is -2.03. The normalized spacial score (nSPS) is 11.2. The van der Waals surface area contributed by atoms with E-state index in [0.29, 0.717) is 10.0 Å². The zero-order valence-electron chi connectivity index (χ0n) is 10.3. The maximum Gasteiger partial charge on any atom is 0.274 e. The predicted molar refractivity (Wildman–Crippen MR) is 76.4 cm³/mol. The van der Waals surface area contributed by atoms with Crippen molar-refractivity contribution in [3.8, 4) is 5.75 Å². The summed E-state index contributed by atoms with van der Waals surface area (Å²) in [6, 6.07) is 3.24. The van der Waals surface area contributed by atoms with E-state index in [1.165, 1.54) is 6.92 Å². The molecule has 0 aliphatic carbocycles. The molecular weight excluding hydrogens is 350 g/mol. The summed E-state index contributed by atoms with van der Waals surface area (Å²) in [5, 5.41) is 24.8. The van der Waals surface area contributed by atoms with Gasteiger partial charge >= 0.3 is 0 Å². The van der Waals surface area contributed by atoms with Crippen molar-refractivity contribution in [1.29, 1.82) is 0 Å². The van der Waals surface area contributed by atoms with Crippen molar-refractivity contribution in [3.05, 3.63) is 43.2 Å². The van der Waals surface area contributed by atoms with Crippen molar-refractivity contribution in [3.63, 3.8) is 0 Å². The molecule has 0 fully saturated rings. The third-order valence-corrected chi connectivity index (χ3v) is 3.11. The van der Waals surface area contributed by atoms with Crippen LogP contribution in [0.5, 0.6) is 5.75 Å². The molecule has 2 aromatic rings. The third-order valence-electron chi connectivity index (χ3n) is 2.36. The number of rotatable bonds is 3. The van der Waals surface area contributed by atoms with E-state index in [2.05, 4.69) is 41.3 Å². The first kappa shape index (κ1) is 14.6. The van der Waals surface area contributed by atoms with Gasteiger partial charge in [-0.15, -0.1) is 15.3 Å². The van der Waals surface area contributed by atoms with Gasteiger partial charge in [0.2, 0.25) is 0 Å². The highest BCUT2D eigenvalue weighted by Gasteiger charge is 2.07. The van der Waals surface area contributed by atoms with Crippen LogP contribution in [0.15, 0.2) is 31.6 Å². The van der Waals surface area contributed by atoms with Gasteiger partial charge in [0, 0.05) is 10.0 Å². The van der Waals surface area contributed by atoms with Crippen LogP contribution in [0.25, 0.3) is 0 Å². The van der Waals surface area contributed by atoms with Gasteiger partial charge in [-0.25, -0.2) is 0 Å². The van der Waals surface area contributed by atoms with E-state index in [4.69, 9.17) is 11.6 Å². The standard InChI is InChI=1S/C11H9BrClN5O2/c1-5-10(20)15-11(18-16-5)17-14-4-6-2-7(12)3-8(13)9(6)19/h2-3,19H,4H2,1H3,(H,15,18,20). The van der Waals surface area contributed by atoms with Gasteiger partial charge in [0.25, 0.3) is 11.5 Å². The summed E-state index contributed by atoms with van der Waals surface area (Å²) >= 11 is 9.09. The topological polar surface area (TPSA) is 104 Å². The Morgan fingerprint density at radius 3 is 2.90 bits per heavy atom. The zero-order valence-corrected chi connectivity index (χ0v) is 12.6. The third kappa shape index (κ3) is 3.40. The molecule has 104 valence electrons. The van der Waals surface area contributed by atoms with E-state index in [0.717, 1.165) is 0 Å². The molecule has 20 heavy (non-hydrogen) atoms. The second-order valence-corrected chi connectivity index (χ2v) is 5.18. The average Bonchev–Trinajstić information content (AvgIpc) is 2.39. The molecule has 0 aliphatic rings. The van der Waals surface area contributed by atoms with Gasteiger partial charge in [-0.1, -0.05) is 27.5 Å². The zero-order chi connectivity index (χ0) is 14.7. The molecule has 0 aliphatic heterocycles. The molecule has 1 aromatic heterocycles. The first-order valence-corrected chi connectivity index (χ1v) is 6.62. The minimum atomic E-state index is -0.373. The van der Waals surface area contributed by atoms with Gasteiger partial charge in [0.1, 0.15) is 11.4 Å². The number of aromatic nitrogens is 3. The van der Waals surface area contributed by atoms with Crippen molar-refractivity contribution in [2.24, 2.45) is 10.2 Å². The molecule has 1 heterocycles. The highest BCUT2D eigenvalue weighted by molar-refractivity contribution is 9.10. The van der Waals surface area contributed by atoms with Crippen LogP contribution in [0.1, 0.15) is 11.3 Å². The van der Waals surface area contributed by atoms with Crippen LogP contribution in [-0.2, 0) is 6.54 Å². The molecular formula is C11H9BrClN5O2. The summed E-state index contributed by atoms with van der Waals surface area (Å²) in [6.07, 6.45) is 0. The van der Waals surface area contributed by atoms with E-state index >= 15 is 0 Å². The number of azo groups is 1. The summed E-state index contributed by atoms with van der Waals surface area (Å²) in [5.41, 5.74) is 0.373. The number of nitrogens with one attached hydrogen (secondary N) is 1. The fourth-order valence-corrected chi connectivity index (χ4v) is 2.22. The Labute approximate surface area is 126 Å². The van der Waals surface area contributed by atoms with Gasteiger partial charge in [-0.05, 0) is 19.1 Å². The van der Waals surface area contributed by atoms with Crippen LogP contribution in [0.3, 0.4) is 0 Å². The molecule has 1 aromatic carbocycles. The molecule has 0 saturated carbocycles. The highest BCUT2D eigenvalue weighted by Crippen LogP contribution is 2.31. The Hall–Kier alpha value is -1.80. The Morgan fingerprint density at radius 1 is 1.45 bits per heavy atom. The number of phenolic OH excluding ortho intramolecular Hbond substituents is 1. The van der Waals surface area contributed by atoms with Crippen molar-refractivity contribution >= 4 is 33.5 Å². The minimum Gasteiger partial charge on any atom is -0.506 e. The Morgan fingerprint density at radius 2 is 2.20 bits per heavy atom. The number of halogens is 2. The van der Waals surface area contributed by atoms with Gasteiger partial charge in [0.05, 0.1) is 11.6 Å². The molecule has 0 saturated heterocycles. The number of benzene rings is 1. The van der Waals surface area contributed by atoms with E-state index in [1.54, 1.807) is 12.1 Å². The SMILES string of the molecule is Cc1nnc(N=NCc2cc(Br)cc(Cl)c2O)[nH]c1=O. The van der Waals surface area contributed by atoms with Crippen molar-refractivity contribution in [1.82, 2.24) is 15.2 Å². The maximum absolute atomic E-state index is 11.3. The molecule has 7 nitrogen and oxygen atoms in total. The molecule has 2 rings (SSSR count). The van der Waals surface area contributed by atoms with Crippen molar-refractivity contribution in [2.75, 3.05) is 0 Å². The number of hydrogen-bond donors (Lipinski definition) is 2. The first-order valence-electron chi connectivity index (χ1n) is 5.45. The number of hydrogen-bond acceptors (Lipinski definition) is 6. The quantitative estimate of drug-likeness (QED) is 0.823. The summed E-state index contributed by atoms with van der Waals surface area (Å²) in [7, 11) is 0. The lowest BCUT2D eigenvalue weighted by molar-refractivity contribution is 0.468. The van der Waals surface area contributed by atoms with Crippen molar-refractivity contribution in [2.45, 2.75) is 13.5 Å². The van der Waals surface area contributed by atoms with E-state index in [9.17, 15) is 9.90 Å². The number of aromatic hydroxyl groups is 1. The average molecular weight is 359 g/mol. The molecule has 9 heteroatoms. The maximum atomic E-state index is 11.3.